The maximum atomic E-state index is 12.8. The molecule has 0 amide bonds. The van der Waals surface area contributed by atoms with Gasteiger partial charge in [-0.25, -0.2) is 0 Å². The third-order valence-corrected chi connectivity index (χ3v) is 5.52. The number of fused-ring (bicyclic) bond motifs is 1. The highest BCUT2D eigenvalue weighted by Gasteiger charge is 2.66. The minimum absolute atomic E-state index is 0.233. The van der Waals surface area contributed by atoms with Gasteiger partial charge in [-0.15, -0.1) is 0 Å². The van der Waals surface area contributed by atoms with Crippen LogP contribution in [0.5, 0.6) is 0 Å². The molecule has 21 heavy (non-hydrogen) atoms. The van der Waals surface area contributed by atoms with Crippen molar-refractivity contribution in [3.8, 4) is 0 Å². The van der Waals surface area contributed by atoms with Crippen LogP contribution < -0.4 is 0 Å². The van der Waals surface area contributed by atoms with Crippen LogP contribution in [0.25, 0.3) is 0 Å². The molecule has 1 fully saturated rings. The second kappa shape index (κ2) is 3.86. The van der Waals surface area contributed by atoms with Gasteiger partial charge in [0.15, 0.2) is 5.78 Å². The van der Waals surface area contributed by atoms with E-state index >= 15 is 0 Å². The number of ketones is 1. The lowest BCUT2D eigenvalue weighted by Gasteiger charge is -2.40. The van der Waals surface area contributed by atoms with Crippen LogP contribution in [-0.2, 0) is 14.3 Å². The highest BCUT2D eigenvalue weighted by molar-refractivity contribution is 6.09. The molecule has 1 spiro atoms. The Labute approximate surface area is 124 Å². The van der Waals surface area contributed by atoms with Crippen molar-refractivity contribution in [2.24, 2.45) is 10.8 Å². The lowest BCUT2D eigenvalue weighted by molar-refractivity contribution is -0.148. The number of carbonyl (C=O) groups is 2. The fraction of sp³-hybridized carbons (Fsp3) is 0.647. The Morgan fingerprint density at radius 3 is 2.38 bits per heavy atom. The van der Waals surface area contributed by atoms with E-state index in [1.54, 1.807) is 6.92 Å². The second-order valence-electron chi connectivity index (χ2n) is 7.39. The van der Waals surface area contributed by atoms with Crippen LogP contribution in [0.3, 0.4) is 0 Å². The van der Waals surface area contributed by atoms with Crippen LogP contribution in [0.15, 0.2) is 22.8 Å². The summed E-state index contributed by atoms with van der Waals surface area (Å²) in [6.07, 6.45) is 3.02. The topological polar surface area (TPSA) is 63.6 Å². The Hall–Kier alpha value is -1.42. The van der Waals surface area contributed by atoms with Gasteiger partial charge < -0.3 is 9.84 Å². The zero-order valence-electron chi connectivity index (χ0n) is 13.2. The lowest BCUT2D eigenvalue weighted by Crippen LogP contribution is -2.50. The van der Waals surface area contributed by atoms with Crippen molar-refractivity contribution >= 4 is 11.8 Å². The van der Waals surface area contributed by atoms with Crippen LogP contribution in [-0.4, -0.2) is 28.6 Å². The van der Waals surface area contributed by atoms with Gasteiger partial charge in [0.05, 0.1) is 0 Å². The summed E-state index contributed by atoms with van der Waals surface area (Å²) in [5.74, 6) is -0.582. The summed E-state index contributed by atoms with van der Waals surface area (Å²) >= 11 is 0. The summed E-state index contributed by atoms with van der Waals surface area (Å²) in [5, 5.41) is 10.8. The standard InChI is InChI=1S/C17H22O4/c1-9-12-11(8-15(3,4)14(12)21-10(2)18)13(19)16(5,20)17(9)6-7-17/h8,14,20H,6-7H2,1-5H3/t14-,16+/m1/s1. The third kappa shape index (κ3) is 1.65. The first-order chi connectivity index (χ1) is 9.54. The average Bonchev–Trinajstić information content (AvgIpc) is 3.10. The molecule has 3 rings (SSSR count). The normalized spacial score (nSPS) is 35.6. The molecule has 0 aromatic heterocycles. The smallest absolute Gasteiger partial charge is 0.303 e. The number of ether oxygens (including phenoxy) is 1. The van der Waals surface area contributed by atoms with Crippen molar-refractivity contribution in [1.29, 1.82) is 0 Å². The molecule has 0 saturated heterocycles. The van der Waals surface area contributed by atoms with E-state index in [4.69, 9.17) is 4.74 Å². The Morgan fingerprint density at radius 2 is 1.90 bits per heavy atom. The second-order valence-corrected chi connectivity index (χ2v) is 7.39. The lowest BCUT2D eigenvalue weighted by atomic mass is 9.67. The van der Waals surface area contributed by atoms with Crippen molar-refractivity contribution in [2.45, 2.75) is 59.2 Å². The number of esters is 1. The Balaban J connectivity index is 2.21. The molecule has 0 bridgehead atoms. The number of hydrogen-bond acceptors (Lipinski definition) is 4. The number of carbonyl (C=O) groups excluding carboxylic acids is 2. The molecule has 1 N–H and O–H groups in total. The van der Waals surface area contributed by atoms with Gasteiger partial charge in [-0.05, 0) is 26.7 Å². The molecule has 0 aliphatic heterocycles. The van der Waals surface area contributed by atoms with E-state index in [9.17, 15) is 14.7 Å². The number of Topliss-reactive ketones (excluding diaryl/α,β-unsaturated/α-hetero) is 1. The first kappa shape index (κ1) is 14.5. The monoisotopic (exact) mass is 290 g/mol. The van der Waals surface area contributed by atoms with Gasteiger partial charge in [0.1, 0.15) is 11.7 Å². The maximum Gasteiger partial charge on any atom is 0.303 e. The summed E-state index contributed by atoms with van der Waals surface area (Å²) in [6, 6.07) is 0. The van der Waals surface area contributed by atoms with E-state index in [-0.39, 0.29) is 11.8 Å². The first-order valence-electron chi connectivity index (χ1n) is 7.43. The predicted octanol–water partition coefficient (Wildman–Crippen LogP) is 2.31. The summed E-state index contributed by atoms with van der Waals surface area (Å²) in [4.78, 5) is 24.2. The Morgan fingerprint density at radius 1 is 1.33 bits per heavy atom. The highest BCUT2D eigenvalue weighted by Crippen LogP contribution is 2.65. The summed E-state index contributed by atoms with van der Waals surface area (Å²) in [7, 11) is 0. The number of rotatable bonds is 1. The molecular formula is C17H22O4. The summed E-state index contributed by atoms with van der Waals surface area (Å²) in [5.41, 5.74) is 0.109. The zero-order valence-corrected chi connectivity index (χ0v) is 13.2. The van der Waals surface area contributed by atoms with Crippen molar-refractivity contribution in [2.75, 3.05) is 0 Å². The van der Waals surface area contributed by atoms with Crippen LogP contribution in [0, 0.1) is 10.8 Å². The van der Waals surface area contributed by atoms with E-state index < -0.39 is 22.5 Å². The van der Waals surface area contributed by atoms with E-state index in [2.05, 4.69) is 0 Å². The molecule has 0 aromatic carbocycles. The number of hydrogen-bond donors (Lipinski definition) is 1. The van der Waals surface area contributed by atoms with E-state index in [0.717, 1.165) is 24.0 Å². The third-order valence-electron chi connectivity index (χ3n) is 5.52. The summed E-state index contributed by atoms with van der Waals surface area (Å²) in [6.45, 7) is 8.88. The minimum atomic E-state index is -1.35. The fourth-order valence-corrected chi connectivity index (χ4v) is 4.09. The molecule has 0 radical (unpaired) electrons. The molecule has 3 aliphatic carbocycles. The minimum Gasteiger partial charge on any atom is -0.457 e. The van der Waals surface area contributed by atoms with Crippen molar-refractivity contribution < 1.29 is 19.4 Å². The fourth-order valence-electron chi connectivity index (χ4n) is 4.09. The van der Waals surface area contributed by atoms with Crippen molar-refractivity contribution in [3.05, 3.63) is 22.8 Å². The summed E-state index contributed by atoms with van der Waals surface area (Å²) < 4.78 is 5.52. The largest absolute Gasteiger partial charge is 0.457 e. The van der Waals surface area contributed by atoms with Gasteiger partial charge in [-0.1, -0.05) is 25.5 Å². The highest BCUT2D eigenvalue weighted by atomic mass is 16.5. The van der Waals surface area contributed by atoms with Gasteiger partial charge in [-0.2, -0.15) is 0 Å². The van der Waals surface area contributed by atoms with E-state index in [1.807, 2.05) is 26.8 Å². The van der Waals surface area contributed by atoms with Gasteiger partial charge in [-0.3, -0.25) is 9.59 Å². The average molecular weight is 290 g/mol. The predicted molar refractivity (Wildman–Crippen MR) is 77.4 cm³/mol. The molecule has 0 unspecified atom stereocenters. The molecule has 0 aromatic rings. The van der Waals surface area contributed by atoms with Crippen LogP contribution in [0.2, 0.25) is 0 Å². The van der Waals surface area contributed by atoms with Crippen LogP contribution >= 0.6 is 0 Å². The van der Waals surface area contributed by atoms with Gasteiger partial charge >= 0.3 is 5.97 Å². The zero-order chi connectivity index (χ0) is 15.8. The molecule has 2 atom stereocenters. The van der Waals surface area contributed by atoms with E-state index in [1.165, 1.54) is 6.92 Å². The Bertz CT molecular complexity index is 615. The van der Waals surface area contributed by atoms with E-state index in [0.29, 0.717) is 5.57 Å². The van der Waals surface area contributed by atoms with Crippen molar-refractivity contribution in [3.63, 3.8) is 0 Å². The SMILES string of the molecule is CC(=O)O[C@@H]1C2=C(C)C3(CC3)[C@@](C)(O)C(=O)C2=CC1(C)C. The van der Waals surface area contributed by atoms with Crippen LogP contribution in [0.1, 0.15) is 47.5 Å². The Kier molecular flexibility index (Phi) is 2.67. The first-order valence-corrected chi connectivity index (χ1v) is 7.43. The molecule has 0 heterocycles. The quantitative estimate of drug-likeness (QED) is 0.753. The number of aliphatic hydroxyl groups is 1. The molecule has 4 nitrogen and oxygen atoms in total. The van der Waals surface area contributed by atoms with Gasteiger partial charge in [0, 0.05) is 28.9 Å². The molecule has 3 aliphatic rings. The van der Waals surface area contributed by atoms with Crippen LogP contribution in [0.4, 0.5) is 0 Å². The molecule has 1 saturated carbocycles. The molecule has 4 heteroatoms. The molecular weight excluding hydrogens is 268 g/mol. The maximum absolute atomic E-state index is 12.8. The van der Waals surface area contributed by atoms with Gasteiger partial charge in [0.25, 0.3) is 0 Å². The van der Waals surface area contributed by atoms with Gasteiger partial charge in [0.2, 0.25) is 0 Å². The molecule has 114 valence electrons. The van der Waals surface area contributed by atoms with Crippen molar-refractivity contribution in [1.82, 2.24) is 0 Å².